The van der Waals surface area contributed by atoms with Crippen molar-refractivity contribution in [1.29, 1.82) is 0 Å². The second kappa shape index (κ2) is 7.73. The van der Waals surface area contributed by atoms with Gasteiger partial charge in [-0.1, -0.05) is 6.07 Å². The van der Waals surface area contributed by atoms with Crippen LogP contribution >= 0.6 is 0 Å². The summed E-state index contributed by atoms with van der Waals surface area (Å²) in [5.41, 5.74) is 0.423. The molecule has 0 unspecified atom stereocenters. The SMILES string of the molecule is CCOCCCNc1nccn1Cc1ccc(F)cc1F. The number of anilines is 1. The third-order valence-electron chi connectivity index (χ3n) is 3.02. The Morgan fingerprint density at radius 2 is 2.19 bits per heavy atom. The summed E-state index contributed by atoms with van der Waals surface area (Å²) in [5.74, 6) is -0.461. The molecule has 21 heavy (non-hydrogen) atoms. The van der Waals surface area contributed by atoms with Gasteiger partial charge in [0.2, 0.25) is 5.95 Å². The molecule has 1 aromatic heterocycles. The number of nitrogens with zero attached hydrogens (tertiary/aromatic N) is 2. The molecule has 0 saturated carbocycles. The van der Waals surface area contributed by atoms with Crippen molar-refractivity contribution < 1.29 is 13.5 Å². The van der Waals surface area contributed by atoms with E-state index in [1.54, 1.807) is 17.0 Å². The highest BCUT2D eigenvalue weighted by Crippen LogP contribution is 2.14. The molecule has 1 aromatic carbocycles. The van der Waals surface area contributed by atoms with Crippen molar-refractivity contribution in [1.82, 2.24) is 9.55 Å². The van der Waals surface area contributed by atoms with E-state index < -0.39 is 11.6 Å². The van der Waals surface area contributed by atoms with E-state index in [9.17, 15) is 8.78 Å². The maximum Gasteiger partial charge on any atom is 0.203 e. The smallest absolute Gasteiger partial charge is 0.203 e. The molecular formula is C15H19F2N3O. The van der Waals surface area contributed by atoms with Crippen molar-refractivity contribution in [2.75, 3.05) is 25.1 Å². The molecule has 2 rings (SSSR count). The van der Waals surface area contributed by atoms with Crippen molar-refractivity contribution in [2.45, 2.75) is 19.9 Å². The molecule has 0 aliphatic heterocycles. The zero-order valence-corrected chi connectivity index (χ0v) is 12.0. The minimum atomic E-state index is -0.573. The van der Waals surface area contributed by atoms with Gasteiger partial charge in [-0.15, -0.1) is 0 Å². The largest absolute Gasteiger partial charge is 0.382 e. The van der Waals surface area contributed by atoms with Gasteiger partial charge in [0.05, 0.1) is 6.54 Å². The Morgan fingerprint density at radius 1 is 1.33 bits per heavy atom. The average molecular weight is 295 g/mol. The van der Waals surface area contributed by atoms with Crippen LogP contribution in [0.4, 0.5) is 14.7 Å². The Bertz CT molecular complexity index is 572. The molecule has 0 fully saturated rings. The van der Waals surface area contributed by atoms with Crippen LogP contribution in [0.1, 0.15) is 18.9 Å². The summed E-state index contributed by atoms with van der Waals surface area (Å²) in [6, 6.07) is 3.59. The van der Waals surface area contributed by atoms with E-state index in [1.807, 2.05) is 6.92 Å². The van der Waals surface area contributed by atoms with Crippen molar-refractivity contribution in [3.05, 3.63) is 47.8 Å². The Morgan fingerprint density at radius 3 is 2.95 bits per heavy atom. The van der Waals surface area contributed by atoms with Crippen LogP contribution in [0.25, 0.3) is 0 Å². The predicted octanol–water partition coefficient (Wildman–Crippen LogP) is 3.05. The first-order valence-corrected chi connectivity index (χ1v) is 6.97. The van der Waals surface area contributed by atoms with Gasteiger partial charge in [-0.05, 0) is 19.4 Å². The van der Waals surface area contributed by atoms with Crippen LogP contribution in [0.15, 0.2) is 30.6 Å². The van der Waals surface area contributed by atoms with E-state index in [0.717, 1.165) is 19.0 Å². The summed E-state index contributed by atoms with van der Waals surface area (Å²) >= 11 is 0. The molecule has 114 valence electrons. The maximum atomic E-state index is 13.7. The van der Waals surface area contributed by atoms with Gasteiger partial charge < -0.3 is 14.6 Å². The summed E-state index contributed by atoms with van der Waals surface area (Å²) in [6.45, 7) is 4.38. The molecule has 1 N–H and O–H groups in total. The van der Waals surface area contributed by atoms with E-state index in [2.05, 4.69) is 10.3 Å². The number of benzene rings is 1. The number of aromatic nitrogens is 2. The molecule has 1 heterocycles. The van der Waals surface area contributed by atoms with E-state index in [-0.39, 0.29) is 0 Å². The molecule has 0 aliphatic carbocycles. The number of halogens is 2. The second-order valence-corrected chi connectivity index (χ2v) is 4.59. The van der Waals surface area contributed by atoms with Crippen LogP contribution in [0.5, 0.6) is 0 Å². The summed E-state index contributed by atoms with van der Waals surface area (Å²) in [4.78, 5) is 4.19. The van der Waals surface area contributed by atoms with E-state index in [1.165, 1.54) is 12.1 Å². The number of ether oxygens (including phenoxy) is 1. The van der Waals surface area contributed by atoms with Gasteiger partial charge in [0.15, 0.2) is 0 Å². The van der Waals surface area contributed by atoms with E-state index in [4.69, 9.17) is 4.74 Å². The first kappa shape index (κ1) is 15.4. The molecule has 2 aromatic rings. The van der Waals surface area contributed by atoms with E-state index >= 15 is 0 Å². The fourth-order valence-electron chi connectivity index (χ4n) is 1.96. The Labute approximate surface area is 122 Å². The summed E-state index contributed by atoms with van der Waals surface area (Å²) in [7, 11) is 0. The summed E-state index contributed by atoms with van der Waals surface area (Å²) in [6.07, 6.45) is 4.27. The van der Waals surface area contributed by atoms with Crippen LogP contribution in [0.2, 0.25) is 0 Å². The average Bonchev–Trinajstić information content (AvgIpc) is 2.89. The topological polar surface area (TPSA) is 39.1 Å². The lowest BCUT2D eigenvalue weighted by Crippen LogP contribution is -2.11. The van der Waals surface area contributed by atoms with Gasteiger partial charge in [0, 0.05) is 43.8 Å². The third-order valence-corrected chi connectivity index (χ3v) is 3.02. The zero-order chi connectivity index (χ0) is 15.1. The van der Waals surface area contributed by atoms with Gasteiger partial charge in [-0.3, -0.25) is 0 Å². The number of hydrogen-bond acceptors (Lipinski definition) is 3. The highest BCUT2D eigenvalue weighted by Gasteiger charge is 2.07. The van der Waals surface area contributed by atoms with Crippen molar-refractivity contribution in [2.24, 2.45) is 0 Å². The third kappa shape index (κ3) is 4.53. The molecule has 0 bridgehead atoms. The normalized spacial score (nSPS) is 10.8. The number of rotatable bonds is 8. The fourth-order valence-corrected chi connectivity index (χ4v) is 1.96. The van der Waals surface area contributed by atoms with Crippen LogP contribution < -0.4 is 5.32 Å². The molecule has 0 aliphatic rings. The molecule has 4 nitrogen and oxygen atoms in total. The van der Waals surface area contributed by atoms with Gasteiger partial charge in [-0.2, -0.15) is 0 Å². The predicted molar refractivity (Wildman–Crippen MR) is 77.3 cm³/mol. The molecule has 0 saturated heterocycles. The zero-order valence-electron chi connectivity index (χ0n) is 12.0. The van der Waals surface area contributed by atoms with Gasteiger partial charge in [0.25, 0.3) is 0 Å². The lowest BCUT2D eigenvalue weighted by molar-refractivity contribution is 0.147. The molecule has 0 radical (unpaired) electrons. The molecule has 0 atom stereocenters. The van der Waals surface area contributed by atoms with Gasteiger partial charge in [0.1, 0.15) is 11.6 Å². The first-order chi connectivity index (χ1) is 10.2. The minimum Gasteiger partial charge on any atom is -0.382 e. The van der Waals surface area contributed by atoms with Crippen LogP contribution in [-0.2, 0) is 11.3 Å². The van der Waals surface area contributed by atoms with Gasteiger partial charge >= 0.3 is 0 Å². The van der Waals surface area contributed by atoms with Crippen molar-refractivity contribution in [3.8, 4) is 0 Å². The van der Waals surface area contributed by atoms with E-state index in [0.29, 0.717) is 31.3 Å². The standard InChI is InChI=1S/C15H19F2N3O/c1-2-21-9-3-6-18-15-19-7-8-20(15)11-12-4-5-13(16)10-14(12)17/h4-5,7-8,10H,2-3,6,9,11H2,1H3,(H,18,19). The lowest BCUT2D eigenvalue weighted by Gasteiger charge is -2.10. The van der Waals surface area contributed by atoms with Crippen LogP contribution in [0.3, 0.4) is 0 Å². The summed E-state index contributed by atoms with van der Waals surface area (Å²) in [5, 5.41) is 3.18. The molecule has 0 amide bonds. The molecule has 6 heteroatoms. The van der Waals surface area contributed by atoms with Crippen molar-refractivity contribution in [3.63, 3.8) is 0 Å². The minimum absolute atomic E-state index is 0.305. The maximum absolute atomic E-state index is 13.7. The highest BCUT2D eigenvalue weighted by molar-refractivity contribution is 5.28. The summed E-state index contributed by atoms with van der Waals surface area (Å²) < 4.78 is 33.6. The number of nitrogens with one attached hydrogen (secondary N) is 1. The number of hydrogen-bond donors (Lipinski definition) is 1. The monoisotopic (exact) mass is 295 g/mol. The van der Waals surface area contributed by atoms with Crippen LogP contribution in [0, 0.1) is 11.6 Å². The van der Waals surface area contributed by atoms with Crippen LogP contribution in [-0.4, -0.2) is 29.3 Å². The second-order valence-electron chi connectivity index (χ2n) is 4.59. The quantitative estimate of drug-likeness (QED) is 0.761. The van der Waals surface area contributed by atoms with Crippen molar-refractivity contribution >= 4 is 5.95 Å². The Balaban J connectivity index is 1.93. The highest BCUT2D eigenvalue weighted by atomic mass is 19.1. The van der Waals surface area contributed by atoms with Gasteiger partial charge in [-0.25, -0.2) is 13.8 Å². The molecule has 0 spiro atoms. The Kier molecular flexibility index (Phi) is 5.68. The first-order valence-electron chi connectivity index (χ1n) is 6.97. The lowest BCUT2D eigenvalue weighted by atomic mass is 10.2. The number of imidazole rings is 1. The molecular weight excluding hydrogens is 276 g/mol. The Hall–Kier alpha value is -1.95. The fraction of sp³-hybridized carbons (Fsp3) is 0.400.